The molecule has 0 aromatic heterocycles. The van der Waals surface area contributed by atoms with E-state index in [2.05, 4.69) is 37.4 Å². The maximum atomic E-state index is 5.64. The molecule has 0 radical (unpaired) electrons. The number of halogens is 1. The minimum atomic E-state index is 0.723. The molecular weight excluding hydrogens is 194 g/mol. The van der Waals surface area contributed by atoms with Crippen LogP contribution in [0, 0.1) is 6.92 Å². The summed E-state index contributed by atoms with van der Waals surface area (Å²) < 4.78 is 0. The van der Waals surface area contributed by atoms with Gasteiger partial charge in [0.25, 0.3) is 0 Å². The van der Waals surface area contributed by atoms with E-state index in [1.54, 1.807) is 0 Å². The molecule has 14 heavy (non-hydrogen) atoms. The molecule has 1 N–H and O–H groups in total. The lowest BCUT2D eigenvalue weighted by Gasteiger charge is -2.13. The van der Waals surface area contributed by atoms with Crippen LogP contribution in [0.2, 0.25) is 0 Å². The molecule has 2 heteroatoms. The summed E-state index contributed by atoms with van der Waals surface area (Å²) in [5.41, 5.74) is 4.00. The summed E-state index contributed by atoms with van der Waals surface area (Å²) in [6.45, 7) is 5.28. The summed E-state index contributed by atoms with van der Waals surface area (Å²) >= 11 is 5.64. The Morgan fingerprint density at radius 3 is 2.79 bits per heavy atom. The highest BCUT2D eigenvalue weighted by Gasteiger charge is 2.02. The van der Waals surface area contributed by atoms with Crippen molar-refractivity contribution in [1.29, 1.82) is 0 Å². The van der Waals surface area contributed by atoms with E-state index in [1.165, 1.54) is 16.8 Å². The van der Waals surface area contributed by atoms with E-state index >= 15 is 0 Å². The fourth-order valence-electron chi connectivity index (χ4n) is 1.56. The first-order valence-electron chi connectivity index (χ1n) is 5.18. The Balaban J connectivity index is 2.72. The number of aryl methyl sites for hydroxylation is 2. The zero-order chi connectivity index (χ0) is 10.4. The van der Waals surface area contributed by atoms with Crippen LogP contribution in [-0.2, 0) is 6.42 Å². The van der Waals surface area contributed by atoms with E-state index in [4.69, 9.17) is 11.6 Å². The summed E-state index contributed by atoms with van der Waals surface area (Å²) in [4.78, 5) is 0. The van der Waals surface area contributed by atoms with Crippen LogP contribution in [0.15, 0.2) is 18.2 Å². The van der Waals surface area contributed by atoms with Crippen LogP contribution in [0.3, 0.4) is 0 Å². The van der Waals surface area contributed by atoms with E-state index in [0.717, 1.165) is 25.3 Å². The van der Waals surface area contributed by atoms with E-state index < -0.39 is 0 Å². The number of anilines is 1. The number of rotatable bonds is 5. The third-order valence-electron chi connectivity index (χ3n) is 2.35. The van der Waals surface area contributed by atoms with Crippen LogP contribution in [0.4, 0.5) is 5.69 Å². The van der Waals surface area contributed by atoms with Crippen molar-refractivity contribution in [3.8, 4) is 0 Å². The number of hydrogen-bond donors (Lipinski definition) is 1. The highest BCUT2D eigenvalue weighted by atomic mass is 35.5. The second-order valence-corrected chi connectivity index (χ2v) is 3.81. The summed E-state index contributed by atoms with van der Waals surface area (Å²) in [6.07, 6.45) is 2.09. The van der Waals surface area contributed by atoms with Crippen LogP contribution in [0.25, 0.3) is 0 Å². The molecule has 0 atom stereocenters. The quantitative estimate of drug-likeness (QED) is 0.580. The molecule has 0 heterocycles. The monoisotopic (exact) mass is 211 g/mol. The Kier molecular flexibility index (Phi) is 4.81. The molecule has 0 unspecified atom stereocenters. The van der Waals surface area contributed by atoms with Crippen molar-refractivity contribution in [3.05, 3.63) is 29.3 Å². The van der Waals surface area contributed by atoms with Gasteiger partial charge in [-0.15, -0.1) is 11.6 Å². The van der Waals surface area contributed by atoms with E-state index in [9.17, 15) is 0 Å². The molecule has 0 aliphatic carbocycles. The summed E-state index contributed by atoms with van der Waals surface area (Å²) in [6, 6.07) is 6.43. The van der Waals surface area contributed by atoms with Crippen LogP contribution in [0.5, 0.6) is 0 Å². The van der Waals surface area contributed by atoms with Gasteiger partial charge in [-0.25, -0.2) is 0 Å². The van der Waals surface area contributed by atoms with Crippen LogP contribution < -0.4 is 5.32 Å². The maximum Gasteiger partial charge on any atom is 0.0402 e. The maximum absolute atomic E-state index is 5.64. The zero-order valence-corrected chi connectivity index (χ0v) is 9.69. The van der Waals surface area contributed by atoms with Crippen LogP contribution in [0.1, 0.15) is 24.5 Å². The van der Waals surface area contributed by atoms with Crippen molar-refractivity contribution in [2.75, 3.05) is 17.7 Å². The van der Waals surface area contributed by atoms with Gasteiger partial charge >= 0.3 is 0 Å². The lowest BCUT2D eigenvalue weighted by Crippen LogP contribution is -2.06. The summed E-state index contributed by atoms with van der Waals surface area (Å²) in [7, 11) is 0. The highest BCUT2D eigenvalue weighted by molar-refractivity contribution is 6.17. The predicted molar refractivity (Wildman–Crippen MR) is 64.4 cm³/mol. The second-order valence-electron chi connectivity index (χ2n) is 3.43. The Labute approximate surface area is 91.5 Å². The van der Waals surface area contributed by atoms with Gasteiger partial charge in [0.15, 0.2) is 0 Å². The molecule has 0 fully saturated rings. The number of para-hydroxylation sites is 1. The number of alkyl halides is 1. The minimum Gasteiger partial charge on any atom is -0.385 e. The fourth-order valence-corrected chi connectivity index (χ4v) is 1.69. The average molecular weight is 212 g/mol. The lowest BCUT2D eigenvalue weighted by atomic mass is 10.1. The molecule has 1 aromatic carbocycles. The van der Waals surface area contributed by atoms with Crippen molar-refractivity contribution in [2.24, 2.45) is 0 Å². The standard InChI is InChI=1S/C12H18ClN/c1-3-11-7-4-6-10(2)12(11)14-9-5-8-13/h4,6-7,14H,3,5,8-9H2,1-2H3. The van der Waals surface area contributed by atoms with E-state index in [0.29, 0.717) is 0 Å². The zero-order valence-electron chi connectivity index (χ0n) is 8.94. The van der Waals surface area contributed by atoms with Gasteiger partial charge in [-0.2, -0.15) is 0 Å². The van der Waals surface area contributed by atoms with Gasteiger partial charge in [0.05, 0.1) is 0 Å². The van der Waals surface area contributed by atoms with Gasteiger partial charge in [-0.1, -0.05) is 25.1 Å². The summed E-state index contributed by atoms with van der Waals surface area (Å²) in [5.74, 6) is 0.723. The smallest absolute Gasteiger partial charge is 0.0402 e. The molecule has 0 bridgehead atoms. The predicted octanol–water partition coefficient (Wildman–Crippen LogP) is 3.60. The van der Waals surface area contributed by atoms with Gasteiger partial charge in [-0.3, -0.25) is 0 Å². The minimum absolute atomic E-state index is 0.723. The first kappa shape index (κ1) is 11.4. The molecule has 78 valence electrons. The van der Waals surface area contributed by atoms with Gasteiger partial charge in [0.2, 0.25) is 0 Å². The number of nitrogens with one attached hydrogen (secondary N) is 1. The van der Waals surface area contributed by atoms with Crippen molar-refractivity contribution in [1.82, 2.24) is 0 Å². The third-order valence-corrected chi connectivity index (χ3v) is 2.62. The third kappa shape index (κ3) is 2.91. The molecule has 0 aliphatic rings. The number of benzene rings is 1. The largest absolute Gasteiger partial charge is 0.385 e. The molecule has 1 nitrogen and oxygen atoms in total. The van der Waals surface area contributed by atoms with Crippen molar-refractivity contribution < 1.29 is 0 Å². The Morgan fingerprint density at radius 2 is 2.14 bits per heavy atom. The van der Waals surface area contributed by atoms with Gasteiger partial charge in [0, 0.05) is 18.1 Å². The molecule has 0 saturated carbocycles. The molecule has 0 amide bonds. The Bertz CT molecular complexity index is 284. The van der Waals surface area contributed by atoms with Crippen LogP contribution in [-0.4, -0.2) is 12.4 Å². The van der Waals surface area contributed by atoms with Gasteiger partial charge in [0.1, 0.15) is 0 Å². The van der Waals surface area contributed by atoms with Crippen molar-refractivity contribution >= 4 is 17.3 Å². The Morgan fingerprint density at radius 1 is 1.36 bits per heavy atom. The summed E-state index contributed by atoms with van der Waals surface area (Å²) in [5, 5.41) is 3.45. The average Bonchev–Trinajstić information content (AvgIpc) is 2.20. The van der Waals surface area contributed by atoms with Gasteiger partial charge in [-0.05, 0) is 30.9 Å². The number of hydrogen-bond acceptors (Lipinski definition) is 1. The first-order valence-corrected chi connectivity index (χ1v) is 5.71. The van der Waals surface area contributed by atoms with E-state index in [-0.39, 0.29) is 0 Å². The molecule has 0 spiro atoms. The van der Waals surface area contributed by atoms with Gasteiger partial charge < -0.3 is 5.32 Å². The Hall–Kier alpha value is -0.690. The molecule has 1 aromatic rings. The first-order chi connectivity index (χ1) is 6.79. The van der Waals surface area contributed by atoms with Crippen molar-refractivity contribution in [2.45, 2.75) is 26.7 Å². The second kappa shape index (κ2) is 5.92. The van der Waals surface area contributed by atoms with Crippen LogP contribution >= 0.6 is 11.6 Å². The topological polar surface area (TPSA) is 12.0 Å². The highest BCUT2D eigenvalue weighted by Crippen LogP contribution is 2.20. The fraction of sp³-hybridized carbons (Fsp3) is 0.500. The molecule has 0 saturated heterocycles. The lowest BCUT2D eigenvalue weighted by molar-refractivity contribution is 0.976. The van der Waals surface area contributed by atoms with Crippen molar-refractivity contribution in [3.63, 3.8) is 0 Å². The molecule has 0 aliphatic heterocycles. The van der Waals surface area contributed by atoms with E-state index in [1.807, 2.05) is 0 Å². The normalized spacial score (nSPS) is 10.2. The SMILES string of the molecule is CCc1cccc(C)c1NCCCCl. The molecule has 1 rings (SSSR count). The molecular formula is C12H18ClN.